The highest BCUT2D eigenvalue weighted by Crippen LogP contribution is 2.43. The molecule has 0 saturated carbocycles. The Kier molecular flexibility index (Phi) is 55.7. The molecule has 0 aromatic carbocycles. The van der Waals surface area contributed by atoms with Crippen molar-refractivity contribution < 1.29 is 37.6 Å². The van der Waals surface area contributed by atoms with Crippen LogP contribution in [0.4, 0.5) is 0 Å². The van der Waals surface area contributed by atoms with Gasteiger partial charge in [-0.15, -0.1) is 0 Å². The van der Waals surface area contributed by atoms with E-state index in [-0.39, 0.29) is 38.6 Å². The molecule has 9 nitrogen and oxygen atoms in total. The molecule has 0 amide bonds. The highest BCUT2D eigenvalue weighted by Gasteiger charge is 2.26. The van der Waals surface area contributed by atoms with Gasteiger partial charge in [0.2, 0.25) is 0 Å². The minimum absolute atomic E-state index is 0.0531. The maximum absolute atomic E-state index is 12.7. The first-order valence-electron chi connectivity index (χ1n) is 29.9. The van der Waals surface area contributed by atoms with E-state index in [0.29, 0.717) is 6.42 Å². The Labute approximate surface area is 443 Å². The molecule has 72 heavy (non-hydrogen) atoms. The predicted molar refractivity (Wildman–Crippen MR) is 307 cm³/mol. The highest BCUT2D eigenvalue weighted by atomic mass is 31.2. The minimum Gasteiger partial charge on any atom is -0.462 e. The molecule has 0 aromatic rings. The second kappa shape index (κ2) is 57.7. The quantitative estimate of drug-likeness (QED) is 0.0264. The van der Waals surface area contributed by atoms with E-state index in [1.165, 1.54) is 167 Å². The first kappa shape index (κ1) is 69.5. The Morgan fingerprint density at radius 2 is 0.764 bits per heavy atom. The van der Waals surface area contributed by atoms with Gasteiger partial charge in [0.05, 0.1) is 13.2 Å². The van der Waals surface area contributed by atoms with Crippen LogP contribution in [0, 0.1) is 0 Å². The lowest BCUT2D eigenvalue weighted by molar-refractivity contribution is -0.161. The number of nitrogens with two attached hydrogens (primary N) is 1. The smallest absolute Gasteiger partial charge is 0.462 e. The number of ether oxygens (including phenoxy) is 2. The molecule has 0 heterocycles. The lowest BCUT2D eigenvalue weighted by atomic mass is 10.0. The fourth-order valence-electron chi connectivity index (χ4n) is 8.47. The fourth-order valence-corrected chi connectivity index (χ4v) is 9.23. The third-order valence-electron chi connectivity index (χ3n) is 12.9. The van der Waals surface area contributed by atoms with E-state index in [0.717, 1.165) is 77.0 Å². The number of hydrogen-bond donors (Lipinski definition) is 2. The normalized spacial score (nSPS) is 13.6. The minimum atomic E-state index is -4.39. The van der Waals surface area contributed by atoms with Crippen molar-refractivity contribution in [2.75, 3.05) is 26.4 Å². The summed E-state index contributed by atoms with van der Waals surface area (Å²) in [6, 6.07) is 0. The Bertz CT molecular complexity index is 1410. The van der Waals surface area contributed by atoms with Crippen LogP contribution in [0.15, 0.2) is 72.9 Å². The van der Waals surface area contributed by atoms with E-state index in [1.807, 2.05) is 0 Å². The molecule has 0 rings (SSSR count). The van der Waals surface area contributed by atoms with Crippen molar-refractivity contribution in [3.05, 3.63) is 72.9 Å². The monoisotopic (exact) mass is 1030 g/mol. The SMILES string of the molecule is CC/C=C\C/C=C\C/C=C\C/C=C\C/C=C\C/C=C\CCCCCCCCCCCCCCCCC(=O)OC(COC(=O)CCCCCCCCCCCCCCCCCCCC)COP(=O)(O)OCCN. The molecule has 0 bridgehead atoms. The number of hydrogen-bond acceptors (Lipinski definition) is 8. The Hall–Kier alpha value is -2.55. The summed E-state index contributed by atoms with van der Waals surface area (Å²) in [7, 11) is -4.39. The van der Waals surface area contributed by atoms with E-state index in [9.17, 15) is 19.0 Å². The molecule has 0 aliphatic carbocycles. The largest absolute Gasteiger partial charge is 0.472 e. The van der Waals surface area contributed by atoms with Gasteiger partial charge in [0.25, 0.3) is 0 Å². The van der Waals surface area contributed by atoms with Gasteiger partial charge in [-0.05, 0) is 64.2 Å². The van der Waals surface area contributed by atoms with Gasteiger partial charge in [-0.3, -0.25) is 18.6 Å². The number of unbranched alkanes of at least 4 members (excludes halogenated alkanes) is 31. The summed E-state index contributed by atoms with van der Waals surface area (Å²) in [6.07, 6.45) is 73.9. The molecule has 0 fully saturated rings. The molecule has 418 valence electrons. The number of phosphoric ester groups is 1. The van der Waals surface area contributed by atoms with Crippen molar-refractivity contribution in [3.8, 4) is 0 Å². The Morgan fingerprint density at radius 1 is 0.431 bits per heavy atom. The van der Waals surface area contributed by atoms with Crippen molar-refractivity contribution in [3.63, 3.8) is 0 Å². The van der Waals surface area contributed by atoms with E-state index in [4.69, 9.17) is 24.3 Å². The summed E-state index contributed by atoms with van der Waals surface area (Å²) >= 11 is 0. The zero-order valence-corrected chi connectivity index (χ0v) is 47.5. The van der Waals surface area contributed by atoms with Gasteiger partial charge >= 0.3 is 19.8 Å². The van der Waals surface area contributed by atoms with Crippen molar-refractivity contribution in [1.29, 1.82) is 0 Å². The maximum Gasteiger partial charge on any atom is 0.472 e. The molecule has 2 unspecified atom stereocenters. The second-order valence-corrected chi connectivity index (χ2v) is 21.3. The van der Waals surface area contributed by atoms with Crippen LogP contribution in [-0.2, 0) is 32.7 Å². The number of carbonyl (C=O) groups is 2. The summed E-state index contributed by atoms with van der Waals surface area (Å²) in [5.41, 5.74) is 5.38. The number of rotatable bonds is 56. The van der Waals surface area contributed by atoms with E-state index < -0.39 is 26.5 Å². The van der Waals surface area contributed by atoms with E-state index in [2.05, 4.69) is 86.8 Å². The maximum atomic E-state index is 12.7. The van der Waals surface area contributed by atoms with Crippen molar-refractivity contribution in [2.24, 2.45) is 5.73 Å². The van der Waals surface area contributed by atoms with Gasteiger partial charge in [0.1, 0.15) is 6.61 Å². The summed E-state index contributed by atoms with van der Waals surface area (Å²) in [5, 5.41) is 0. The van der Waals surface area contributed by atoms with E-state index in [1.54, 1.807) is 0 Å². The van der Waals surface area contributed by atoms with Gasteiger partial charge in [-0.2, -0.15) is 0 Å². The molecular weight excluding hydrogens is 918 g/mol. The second-order valence-electron chi connectivity index (χ2n) is 19.8. The van der Waals surface area contributed by atoms with Crippen LogP contribution in [0.5, 0.6) is 0 Å². The molecule has 10 heteroatoms. The topological polar surface area (TPSA) is 134 Å². The molecule has 0 aliphatic rings. The molecule has 0 radical (unpaired) electrons. The van der Waals surface area contributed by atoms with Gasteiger partial charge in [-0.25, -0.2) is 4.57 Å². The standard InChI is InChI=1S/C62H112NO8P/c1-3-5-7-9-11-13-15-17-19-21-23-24-25-26-27-28-29-30-31-32-33-34-35-36-37-39-41-43-45-47-49-51-53-55-62(65)71-60(59-70-72(66,67)69-57-56-63)58-68-61(64)54-52-50-48-46-44-42-40-38-22-20-18-16-14-12-10-8-6-4-2/h5,7,11,13,17,19,23-24,26-27,29-30,60H,3-4,6,8-10,12,14-16,18,20-22,25,28,31-59,63H2,1-2H3,(H,66,67)/b7-5-,13-11-,19-17-,24-23-,27-26-,30-29-. The molecule has 0 aromatic heterocycles. The highest BCUT2D eigenvalue weighted by molar-refractivity contribution is 7.47. The molecule has 3 N–H and O–H groups in total. The van der Waals surface area contributed by atoms with Crippen molar-refractivity contribution >= 4 is 19.8 Å². The fraction of sp³-hybridized carbons (Fsp3) is 0.774. The Morgan fingerprint density at radius 3 is 1.14 bits per heavy atom. The lowest BCUT2D eigenvalue weighted by Gasteiger charge is -2.19. The van der Waals surface area contributed by atoms with Crippen molar-refractivity contribution in [2.45, 2.75) is 283 Å². The number of phosphoric acid groups is 1. The van der Waals surface area contributed by atoms with Gasteiger partial charge in [-0.1, -0.05) is 273 Å². The Balaban J connectivity index is 3.92. The molecule has 2 atom stereocenters. The predicted octanol–water partition coefficient (Wildman–Crippen LogP) is 18.9. The van der Waals surface area contributed by atoms with E-state index >= 15 is 0 Å². The summed E-state index contributed by atoms with van der Waals surface area (Å²) in [5.74, 6) is -0.818. The van der Waals surface area contributed by atoms with Crippen LogP contribution in [0.2, 0.25) is 0 Å². The number of carbonyl (C=O) groups excluding carboxylic acids is 2. The molecule has 0 saturated heterocycles. The van der Waals surface area contributed by atoms with Crippen LogP contribution < -0.4 is 5.73 Å². The third kappa shape index (κ3) is 56.7. The first-order valence-corrected chi connectivity index (χ1v) is 31.4. The van der Waals surface area contributed by atoms with Crippen LogP contribution in [0.3, 0.4) is 0 Å². The summed E-state index contributed by atoms with van der Waals surface area (Å²) in [4.78, 5) is 35.2. The van der Waals surface area contributed by atoms with Crippen LogP contribution in [-0.4, -0.2) is 49.3 Å². The average molecular weight is 1030 g/mol. The zero-order chi connectivity index (χ0) is 52.4. The summed E-state index contributed by atoms with van der Waals surface area (Å²) in [6.45, 7) is 3.66. The third-order valence-corrected chi connectivity index (χ3v) is 13.8. The van der Waals surface area contributed by atoms with Gasteiger partial charge in [0.15, 0.2) is 6.10 Å². The first-order chi connectivity index (χ1) is 35.3. The zero-order valence-electron chi connectivity index (χ0n) is 46.7. The van der Waals surface area contributed by atoms with Gasteiger partial charge in [0, 0.05) is 19.4 Å². The van der Waals surface area contributed by atoms with Crippen molar-refractivity contribution in [1.82, 2.24) is 0 Å². The van der Waals surface area contributed by atoms with Crippen LogP contribution in [0.1, 0.15) is 277 Å². The molecular formula is C62H112NO8P. The summed E-state index contributed by atoms with van der Waals surface area (Å²) < 4.78 is 33.1. The number of esters is 2. The van der Waals surface area contributed by atoms with Crippen LogP contribution >= 0.6 is 7.82 Å². The average Bonchev–Trinajstić information content (AvgIpc) is 3.37. The lowest BCUT2D eigenvalue weighted by Crippen LogP contribution is -2.29. The molecule has 0 aliphatic heterocycles. The number of allylic oxidation sites excluding steroid dienone is 12. The molecule has 0 spiro atoms. The van der Waals surface area contributed by atoms with Crippen LogP contribution in [0.25, 0.3) is 0 Å². The van der Waals surface area contributed by atoms with Gasteiger partial charge < -0.3 is 20.1 Å².